The minimum absolute atomic E-state index is 0.0791. The molecule has 1 saturated heterocycles. The lowest BCUT2D eigenvalue weighted by Crippen LogP contribution is -2.35. The Bertz CT molecular complexity index is 377. The third-order valence-corrected chi connectivity index (χ3v) is 3.67. The molecule has 2 heterocycles. The zero-order chi connectivity index (χ0) is 11.4. The summed E-state index contributed by atoms with van der Waals surface area (Å²) in [5, 5.41) is 5.92. The van der Waals surface area contributed by atoms with E-state index in [0.29, 0.717) is 17.6 Å². The molecular weight excluding hydrogens is 222 g/mol. The number of carbonyl (C=O) groups is 1. The third-order valence-electron chi connectivity index (χ3n) is 2.50. The molecule has 0 spiro atoms. The first-order chi connectivity index (χ1) is 7.79. The van der Waals surface area contributed by atoms with Gasteiger partial charge in [0.15, 0.2) is 0 Å². The Morgan fingerprint density at radius 2 is 2.44 bits per heavy atom. The van der Waals surface area contributed by atoms with Crippen molar-refractivity contribution in [1.29, 1.82) is 0 Å². The van der Waals surface area contributed by atoms with Crippen LogP contribution in [0.2, 0.25) is 0 Å². The second-order valence-electron chi connectivity index (χ2n) is 3.69. The second-order valence-corrected chi connectivity index (χ2v) is 4.84. The maximum Gasteiger partial charge on any atom is 0.270 e. The van der Waals surface area contributed by atoms with Gasteiger partial charge in [0.1, 0.15) is 11.5 Å². The van der Waals surface area contributed by atoms with E-state index >= 15 is 0 Å². The summed E-state index contributed by atoms with van der Waals surface area (Å²) in [4.78, 5) is 16.1. The van der Waals surface area contributed by atoms with E-state index in [9.17, 15) is 4.79 Å². The molecular formula is C11H15N3OS. The Morgan fingerprint density at radius 3 is 3.12 bits per heavy atom. The van der Waals surface area contributed by atoms with E-state index in [1.807, 2.05) is 23.9 Å². The van der Waals surface area contributed by atoms with Crippen LogP contribution in [0.1, 0.15) is 16.9 Å². The Morgan fingerprint density at radius 1 is 1.56 bits per heavy atom. The summed E-state index contributed by atoms with van der Waals surface area (Å²) in [6, 6.07) is 5.70. The molecule has 1 aliphatic heterocycles. The SMILES string of the molecule is CNc1cccc(C(=O)NC2CCSC2)n1. The smallest absolute Gasteiger partial charge is 0.270 e. The number of thioether (sulfide) groups is 1. The van der Waals surface area contributed by atoms with Crippen molar-refractivity contribution in [3.05, 3.63) is 23.9 Å². The minimum atomic E-state index is -0.0791. The number of hydrogen-bond donors (Lipinski definition) is 2. The van der Waals surface area contributed by atoms with E-state index in [1.165, 1.54) is 0 Å². The quantitative estimate of drug-likeness (QED) is 0.833. The average molecular weight is 237 g/mol. The molecule has 1 fully saturated rings. The summed E-state index contributed by atoms with van der Waals surface area (Å²) in [7, 11) is 1.79. The highest BCUT2D eigenvalue weighted by atomic mass is 32.2. The average Bonchev–Trinajstić information content (AvgIpc) is 2.82. The van der Waals surface area contributed by atoms with Crippen LogP contribution in [0.5, 0.6) is 0 Å². The van der Waals surface area contributed by atoms with Crippen LogP contribution in [-0.2, 0) is 0 Å². The van der Waals surface area contributed by atoms with Gasteiger partial charge < -0.3 is 10.6 Å². The van der Waals surface area contributed by atoms with Crippen molar-refractivity contribution in [2.75, 3.05) is 23.9 Å². The fourth-order valence-corrected chi connectivity index (χ4v) is 2.76. The fourth-order valence-electron chi connectivity index (χ4n) is 1.61. The number of nitrogens with zero attached hydrogens (tertiary/aromatic N) is 1. The molecule has 0 saturated carbocycles. The van der Waals surface area contributed by atoms with E-state index in [1.54, 1.807) is 13.1 Å². The highest BCUT2D eigenvalue weighted by Crippen LogP contribution is 2.17. The van der Waals surface area contributed by atoms with Crippen LogP contribution in [0.15, 0.2) is 18.2 Å². The van der Waals surface area contributed by atoms with E-state index in [-0.39, 0.29) is 5.91 Å². The molecule has 5 heteroatoms. The molecule has 16 heavy (non-hydrogen) atoms. The number of nitrogens with one attached hydrogen (secondary N) is 2. The van der Waals surface area contributed by atoms with Crippen LogP contribution >= 0.6 is 11.8 Å². The van der Waals surface area contributed by atoms with E-state index < -0.39 is 0 Å². The number of rotatable bonds is 3. The van der Waals surface area contributed by atoms with Gasteiger partial charge in [-0.05, 0) is 24.3 Å². The Balaban J connectivity index is 2.01. The predicted octanol–water partition coefficient (Wildman–Crippen LogP) is 1.36. The summed E-state index contributed by atoms with van der Waals surface area (Å²) < 4.78 is 0. The molecule has 1 aromatic heterocycles. The lowest BCUT2D eigenvalue weighted by atomic mass is 10.2. The fraction of sp³-hybridized carbons (Fsp3) is 0.455. The highest BCUT2D eigenvalue weighted by molar-refractivity contribution is 7.99. The molecule has 0 aromatic carbocycles. The summed E-state index contributed by atoms with van der Waals surface area (Å²) >= 11 is 1.88. The van der Waals surface area contributed by atoms with Crippen molar-refractivity contribution in [3.8, 4) is 0 Å². The van der Waals surface area contributed by atoms with Crippen LogP contribution < -0.4 is 10.6 Å². The minimum Gasteiger partial charge on any atom is -0.373 e. The number of carbonyl (C=O) groups excluding carboxylic acids is 1. The first-order valence-corrected chi connectivity index (χ1v) is 6.48. The summed E-state index contributed by atoms with van der Waals surface area (Å²) in [6.07, 6.45) is 1.06. The first-order valence-electron chi connectivity index (χ1n) is 5.33. The number of hydrogen-bond acceptors (Lipinski definition) is 4. The Hall–Kier alpha value is -1.23. The standard InChI is InChI=1S/C11H15N3OS/c1-12-10-4-2-3-9(14-10)11(15)13-8-5-6-16-7-8/h2-4,8H,5-7H2,1H3,(H,12,14)(H,13,15). The predicted molar refractivity (Wildman–Crippen MR) is 67.0 cm³/mol. The van der Waals surface area contributed by atoms with Gasteiger partial charge in [-0.25, -0.2) is 4.98 Å². The van der Waals surface area contributed by atoms with E-state index in [0.717, 1.165) is 17.9 Å². The number of amides is 1. The highest BCUT2D eigenvalue weighted by Gasteiger charge is 2.18. The van der Waals surface area contributed by atoms with Gasteiger partial charge in [-0.3, -0.25) is 4.79 Å². The summed E-state index contributed by atoms with van der Waals surface area (Å²) in [5.74, 6) is 2.78. The third kappa shape index (κ3) is 2.66. The molecule has 0 radical (unpaired) electrons. The van der Waals surface area contributed by atoms with Crippen LogP contribution in [0.4, 0.5) is 5.82 Å². The lowest BCUT2D eigenvalue weighted by Gasteiger charge is -2.11. The number of aromatic nitrogens is 1. The van der Waals surface area contributed by atoms with E-state index in [4.69, 9.17) is 0 Å². The van der Waals surface area contributed by atoms with Crippen molar-refractivity contribution in [2.24, 2.45) is 0 Å². The van der Waals surface area contributed by atoms with Gasteiger partial charge in [-0.15, -0.1) is 0 Å². The second kappa shape index (κ2) is 5.21. The monoisotopic (exact) mass is 237 g/mol. The van der Waals surface area contributed by atoms with Gasteiger partial charge in [0, 0.05) is 18.8 Å². The zero-order valence-electron chi connectivity index (χ0n) is 9.19. The van der Waals surface area contributed by atoms with Crippen LogP contribution in [-0.4, -0.2) is 35.5 Å². The molecule has 4 nitrogen and oxygen atoms in total. The van der Waals surface area contributed by atoms with Crippen molar-refractivity contribution in [2.45, 2.75) is 12.5 Å². The van der Waals surface area contributed by atoms with Crippen LogP contribution in [0.25, 0.3) is 0 Å². The summed E-state index contributed by atoms with van der Waals surface area (Å²) in [5.41, 5.74) is 0.476. The van der Waals surface area contributed by atoms with Gasteiger partial charge in [0.05, 0.1) is 0 Å². The molecule has 1 unspecified atom stereocenters. The molecule has 1 amide bonds. The molecule has 86 valence electrons. The van der Waals surface area contributed by atoms with Crippen molar-refractivity contribution < 1.29 is 4.79 Å². The first kappa shape index (κ1) is 11.3. The van der Waals surface area contributed by atoms with Crippen LogP contribution in [0.3, 0.4) is 0 Å². The maximum atomic E-state index is 11.9. The lowest BCUT2D eigenvalue weighted by molar-refractivity contribution is 0.0936. The zero-order valence-corrected chi connectivity index (χ0v) is 10.0. The maximum absolute atomic E-state index is 11.9. The molecule has 1 aliphatic rings. The molecule has 0 bridgehead atoms. The number of pyridine rings is 1. The van der Waals surface area contributed by atoms with Gasteiger partial charge in [0.2, 0.25) is 0 Å². The van der Waals surface area contributed by atoms with Gasteiger partial charge in [0.25, 0.3) is 5.91 Å². The normalized spacial score (nSPS) is 19.4. The van der Waals surface area contributed by atoms with Gasteiger partial charge in [-0.2, -0.15) is 11.8 Å². The molecule has 0 aliphatic carbocycles. The van der Waals surface area contributed by atoms with Crippen molar-refractivity contribution in [1.82, 2.24) is 10.3 Å². The molecule has 1 atom stereocenters. The van der Waals surface area contributed by atoms with Gasteiger partial charge in [-0.1, -0.05) is 6.07 Å². The topological polar surface area (TPSA) is 54.0 Å². The van der Waals surface area contributed by atoms with Crippen molar-refractivity contribution >= 4 is 23.5 Å². The number of anilines is 1. The summed E-state index contributed by atoms with van der Waals surface area (Å²) in [6.45, 7) is 0. The molecule has 2 N–H and O–H groups in total. The van der Waals surface area contributed by atoms with Crippen molar-refractivity contribution in [3.63, 3.8) is 0 Å². The largest absolute Gasteiger partial charge is 0.373 e. The Labute approximate surface area is 99.2 Å². The molecule has 2 rings (SSSR count). The molecule has 1 aromatic rings. The Kier molecular flexibility index (Phi) is 3.66. The van der Waals surface area contributed by atoms with E-state index in [2.05, 4.69) is 15.6 Å². The van der Waals surface area contributed by atoms with Crippen LogP contribution in [0, 0.1) is 0 Å². The van der Waals surface area contributed by atoms with Gasteiger partial charge >= 0.3 is 0 Å².